The number of esters is 1. The van der Waals surface area contributed by atoms with Crippen LogP contribution in [-0.4, -0.2) is 28.9 Å². The molecule has 1 heterocycles. The number of aromatic nitrogens is 1. The number of para-hydroxylation sites is 1. The lowest BCUT2D eigenvalue weighted by molar-refractivity contribution is -0.384. The molecule has 3 rings (SSSR count). The second-order valence-electron chi connectivity index (χ2n) is 6.49. The van der Waals surface area contributed by atoms with Gasteiger partial charge in [-0.3, -0.25) is 14.9 Å². The van der Waals surface area contributed by atoms with E-state index in [1.165, 1.54) is 30.6 Å². The minimum Gasteiger partial charge on any atom is -0.496 e. The number of non-ortho nitro benzene ring substituents is 1. The number of hydrogen-bond donors (Lipinski definition) is 1. The molecule has 0 radical (unpaired) electrons. The summed E-state index contributed by atoms with van der Waals surface area (Å²) >= 11 is 1.28. The average molecular weight is 441 g/mol. The zero-order valence-corrected chi connectivity index (χ0v) is 17.6. The van der Waals surface area contributed by atoms with E-state index in [0.29, 0.717) is 10.7 Å². The zero-order valence-electron chi connectivity index (χ0n) is 16.8. The van der Waals surface area contributed by atoms with E-state index in [-0.39, 0.29) is 35.9 Å². The van der Waals surface area contributed by atoms with Crippen LogP contribution in [0.4, 0.5) is 11.4 Å². The molecule has 0 unspecified atom stereocenters. The summed E-state index contributed by atoms with van der Waals surface area (Å²) in [5.41, 5.74) is 1.87. The number of aryl methyl sites for hydroxylation is 1. The number of amides is 1. The summed E-state index contributed by atoms with van der Waals surface area (Å²) in [4.78, 5) is 39.3. The number of hydrogen-bond acceptors (Lipinski definition) is 8. The first kappa shape index (κ1) is 21.9. The summed E-state index contributed by atoms with van der Waals surface area (Å²) in [6.45, 7) is 1.77. The van der Waals surface area contributed by atoms with Crippen LogP contribution in [0.3, 0.4) is 0 Å². The Bertz CT molecular complexity index is 1130. The van der Waals surface area contributed by atoms with Crippen molar-refractivity contribution in [1.82, 2.24) is 4.98 Å². The minimum absolute atomic E-state index is 0.0511. The summed E-state index contributed by atoms with van der Waals surface area (Å²) in [7, 11) is 1.35. The largest absolute Gasteiger partial charge is 0.496 e. The summed E-state index contributed by atoms with van der Waals surface area (Å²) in [6, 6.07) is 11.1. The second kappa shape index (κ2) is 9.81. The SMILES string of the molecule is COc1ccc([N+](=O)[O-])cc1C(=O)OCc1csc(CC(=O)Nc2ccccc2C)n1. The maximum absolute atomic E-state index is 12.4. The molecule has 3 aromatic rings. The predicted octanol–water partition coefficient (Wildman–Crippen LogP) is 3.91. The number of nitrogens with zero attached hydrogens (tertiary/aromatic N) is 2. The molecule has 0 saturated carbocycles. The van der Waals surface area contributed by atoms with Gasteiger partial charge in [0.25, 0.3) is 5.69 Å². The van der Waals surface area contributed by atoms with Crippen molar-refractivity contribution in [2.24, 2.45) is 0 Å². The van der Waals surface area contributed by atoms with Gasteiger partial charge in [0.1, 0.15) is 22.9 Å². The number of thiazole rings is 1. The molecule has 10 heteroatoms. The maximum Gasteiger partial charge on any atom is 0.342 e. The quantitative estimate of drug-likeness (QED) is 0.320. The first-order valence-electron chi connectivity index (χ1n) is 9.15. The van der Waals surface area contributed by atoms with Gasteiger partial charge in [0.15, 0.2) is 0 Å². The lowest BCUT2D eigenvalue weighted by Crippen LogP contribution is -2.15. The van der Waals surface area contributed by atoms with E-state index in [2.05, 4.69) is 10.3 Å². The van der Waals surface area contributed by atoms with Gasteiger partial charge >= 0.3 is 5.97 Å². The van der Waals surface area contributed by atoms with Gasteiger partial charge in [-0.25, -0.2) is 9.78 Å². The van der Waals surface area contributed by atoms with Crippen LogP contribution in [0.1, 0.15) is 26.6 Å². The molecule has 1 aromatic heterocycles. The Kier molecular flexibility index (Phi) is 6.93. The van der Waals surface area contributed by atoms with Gasteiger partial charge in [-0.1, -0.05) is 18.2 Å². The van der Waals surface area contributed by atoms with Crippen LogP contribution < -0.4 is 10.1 Å². The van der Waals surface area contributed by atoms with E-state index in [1.54, 1.807) is 5.38 Å². The molecule has 1 amide bonds. The van der Waals surface area contributed by atoms with Gasteiger partial charge in [-0.2, -0.15) is 0 Å². The van der Waals surface area contributed by atoms with Gasteiger partial charge in [0.2, 0.25) is 5.91 Å². The van der Waals surface area contributed by atoms with E-state index < -0.39 is 10.9 Å². The molecule has 0 saturated heterocycles. The van der Waals surface area contributed by atoms with Crippen molar-refractivity contribution in [3.8, 4) is 5.75 Å². The molecule has 1 N–H and O–H groups in total. The highest BCUT2D eigenvalue weighted by molar-refractivity contribution is 7.09. The van der Waals surface area contributed by atoms with E-state index in [4.69, 9.17) is 9.47 Å². The van der Waals surface area contributed by atoms with Crippen LogP contribution in [0.15, 0.2) is 47.8 Å². The lowest BCUT2D eigenvalue weighted by atomic mass is 10.2. The fraction of sp³-hybridized carbons (Fsp3) is 0.190. The van der Waals surface area contributed by atoms with Crippen molar-refractivity contribution in [2.75, 3.05) is 12.4 Å². The van der Waals surface area contributed by atoms with Gasteiger partial charge in [-0.05, 0) is 24.6 Å². The van der Waals surface area contributed by atoms with Gasteiger partial charge in [0, 0.05) is 23.2 Å². The summed E-state index contributed by atoms with van der Waals surface area (Å²) in [5.74, 6) is -0.802. The molecule has 0 fully saturated rings. The number of methoxy groups -OCH3 is 1. The molecule has 0 aliphatic heterocycles. The average Bonchev–Trinajstić information content (AvgIpc) is 3.20. The second-order valence-corrected chi connectivity index (χ2v) is 7.43. The smallest absolute Gasteiger partial charge is 0.342 e. The number of anilines is 1. The highest BCUT2D eigenvalue weighted by Gasteiger charge is 2.19. The fourth-order valence-corrected chi connectivity index (χ4v) is 3.50. The molecule has 0 spiro atoms. The van der Waals surface area contributed by atoms with Gasteiger partial charge < -0.3 is 14.8 Å². The summed E-state index contributed by atoms with van der Waals surface area (Å²) < 4.78 is 10.3. The third-order valence-electron chi connectivity index (χ3n) is 4.30. The molecule has 31 heavy (non-hydrogen) atoms. The Labute approximate surface area is 181 Å². The molecule has 0 aliphatic carbocycles. The molecule has 0 bridgehead atoms. The fourth-order valence-electron chi connectivity index (χ4n) is 2.73. The Morgan fingerprint density at radius 2 is 2.00 bits per heavy atom. The number of benzene rings is 2. The summed E-state index contributed by atoms with van der Waals surface area (Å²) in [6.07, 6.45) is 0.0889. The van der Waals surface area contributed by atoms with Crippen molar-refractivity contribution in [3.63, 3.8) is 0 Å². The molecule has 9 nitrogen and oxygen atoms in total. The Morgan fingerprint density at radius 3 is 2.71 bits per heavy atom. The van der Waals surface area contributed by atoms with Crippen molar-refractivity contribution in [1.29, 1.82) is 0 Å². The standard InChI is InChI=1S/C21H19N3O6S/c1-13-5-3-4-6-17(13)23-19(25)10-20-22-14(12-31-20)11-30-21(26)16-9-15(24(27)28)7-8-18(16)29-2/h3-9,12H,10-11H2,1-2H3,(H,23,25). The van der Waals surface area contributed by atoms with Crippen molar-refractivity contribution in [3.05, 3.63) is 79.8 Å². The Morgan fingerprint density at radius 1 is 1.23 bits per heavy atom. The Balaban J connectivity index is 1.59. The summed E-state index contributed by atoms with van der Waals surface area (Å²) in [5, 5.41) is 16.1. The van der Waals surface area contributed by atoms with Crippen LogP contribution >= 0.6 is 11.3 Å². The number of nitrogens with one attached hydrogen (secondary N) is 1. The van der Waals surface area contributed by atoms with Gasteiger partial charge in [-0.15, -0.1) is 11.3 Å². The van der Waals surface area contributed by atoms with Crippen LogP contribution in [0, 0.1) is 17.0 Å². The van der Waals surface area contributed by atoms with E-state index >= 15 is 0 Å². The Hall–Kier alpha value is -3.79. The van der Waals surface area contributed by atoms with Crippen molar-refractivity contribution < 1.29 is 24.0 Å². The number of rotatable bonds is 8. The van der Waals surface area contributed by atoms with Gasteiger partial charge in [0.05, 0.1) is 24.1 Å². The number of carbonyl (C=O) groups is 2. The molecular formula is C21H19N3O6S. The number of carbonyl (C=O) groups excluding carboxylic acids is 2. The maximum atomic E-state index is 12.4. The molecule has 2 aromatic carbocycles. The number of nitro groups is 1. The lowest BCUT2D eigenvalue weighted by Gasteiger charge is -2.08. The topological polar surface area (TPSA) is 121 Å². The van der Waals surface area contributed by atoms with Crippen molar-refractivity contribution in [2.45, 2.75) is 20.0 Å². The minimum atomic E-state index is -0.771. The van der Waals surface area contributed by atoms with E-state index in [1.807, 2.05) is 31.2 Å². The van der Waals surface area contributed by atoms with Crippen LogP contribution in [0.25, 0.3) is 0 Å². The highest BCUT2D eigenvalue weighted by atomic mass is 32.1. The molecule has 0 aliphatic rings. The highest BCUT2D eigenvalue weighted by Crippen LogP contribution is 2.25. The van der Waals surface area contributed by atoms with Crippen LogP contribution in [0.5, 0.6) is 5.75 Å². The van der Waals surface area contributed by atoms with Crippen molar-refractivity contribution >= 4 is 34.6 Å². The predicted molar refractivity (Wildman–Crippen MR) is 114 cm³/mol. The molecule has 160 valence electrons. The number of ether oxygens (including phenoxy) is 2. The molecule has 0 atom stereocenters. The third kappa shape index (κ3) is 5.64. The zero-order chi connectivity index (χ0) is 22.4. The normalized spacial score (nSPS) is 10.4. The third-order valence-corrected chi connectivity index (χ3v) is 5.19. The first-order chi connectivity index (χ1) is 14.9. The number of nitro benzene ring substituents is 1. The van der Waals surface area contributed by atoms with Crippen LogP contribution in [0.2, 0.25) is 0 Å². The van der Waals surface area contributed by atoms with E-state index in [9.17, 15) is 19.7 Å². The molecular weight excluding hydrogens is 422 g/mol. The van der Waals surface area contributed by atoms with Crippen LogP contribution in [-0.2, 0) is 22.6 Å². The van der Waals surface area contributed by atoms with E-state index in [0.717, 1.165) is 17.3 Å². The first-order valence-corrected chi connectivity index (χ1v) is 10.0. The monoisotopic (exact) mass is 441 g/mol.